The van der Waals surface area contributed by atoms with E-state index >= 15 is 0 Å². The molecule has 5 nitrogen and oxygen atoms in total. The molecule has 1 aromatic rings. The Morgan fingerprint density at radius 2 is 2.47 bits per heavy atom. The van der Waals surface area contributed by atoms with Crippen LogP contribution in [0.3, 0.4) is 0 Å². The molecule has 0 aromatic carbocycles. The minimum Gasteiger partial charge on any atom is -0.464 e. The number of ether oxygens (including phenoxy) is 1. The highest BCUT2D eigenvalue weighted by molar-refractivity contribution is 5.74. The summed E-state index contributed by atoms with van der Waals surface area (Å²) in [5.41, 5.74) is 0. The zero-order valence-electron chi connectivity index (χ0n) is 9.19. The standard InChI is InChI=1S/C10H17N3O2/c1-3-4-7-15-10(14)8-11-9-5-6-13(2)12-9/h5-6H,3-4,7-8H2,1-2H3,(H,11,12). The Kier molecular flexibility index (Phi) is 4.66. The molecule has 0 spiro atoms. The maximum absolute atomic E-state index is 11.2. The molecule has 1 aromatic heterocycles. The van der Waals surface area contributed by atoms with Gasteiger partial charge in [0.1, 0.15) is 12.4 Å². The number of rotatable bonds is 6. The molecule has 15 heavy (non-hydrogen) atoms. The average molecular weight is 211 g/mol. The molecule has 0 aliphatic heterocycles. The Morgan fingerprint density at radius 1 is 1.67 bits per heavy atom. The monoisotopic (exact) mass is 211 g/mol. The normalized spacial score (nSPS) is 10.0. The summed E-state index contributed by atoms with van der Waals surface area (Å²) in [5.74, 6) is 0.444. The first kappa shape index (κ1) is 11.6. The van der Waals surface area contributed by atoms with Crippen LogP contribution < -0.4 is 5.32 Å². The van der Waals surface area contributed by atoms with Crippen LogP contribution in [0.25, 0.3) is 0 Å². The van der Waals surface area contributed by atoms with Crippen molar-refractivity contribution in [2.45, 2.75) is 19.8 Å². The Morgan fingerprint density at radius 3 is 3.07 bits per heavy atom. The van der Waals surface area contributed by atoms with Crippen LogP contribution in [0.4, 0.5) is 5.82 Å². The summed E-state index contributed by atoms with van der Waals surface area (Å²) in [6.45, 7) is 2.72. The molecule has 0 saturated heterocycles. The largest absolute Gasteiger partial charge is 0.464 e. The Hall–Kier alpha value is -1.52. The molecule has 0 unspecified atom stereocenters. The number of hydrogen-bond donors (Lipinski definition) is 1. The minimum atomic E-state index is -0.242. The van der Waals surface area contributed by atoms with E-state index in [2.05, 4.69) is 17.3 Å². The Labute approximate surface area is 89.4 Å². The first-order valence-corrected chi connectivity index (χ1v) is 5.11. The van der Waals surface area contributed by atoms with Crippen molar-refractivity contribution < 1.29 is 9.53 Å². The van der Waals surface area contributed by atoms with Crippen molar-refractivity contribution in [3.8, 4) is 0 Å². The average Bonchev–Trinajstić information content (AvgIpc) is 2.62. The second-order valence-electron chi connectivity index (χ2n) is 3.30. The number of carbonyl (C=O) groups is 1. The van der Waals surface area contributed by atoms with E-state index < -0.39 is 0 Å². The van der Waals surface area contributed by atoms with Crippen molar-refractivity contribution in [2.75, 3.05) is 18.5 Å². The number of nitrogens with zero attached hydrogens (tertiary/aromatic N) is 2. The SMILES string of the molecule is CCCCOC(=O)CNc1ccn(C)n1. The lowest BCUT2D eigenvalue weighted by Crippen LogP contribution is -2.17. The maximum atomic E-state index is 11.2. The molecule has 0 radical (unpaired) electrons. The molecule has 1 rings (SSSR count). The lowest BCUT2D eigenvalue weighted by atomic mass is 10.4. The predicted molar refractivity (Wildman–Crippen MR) is 57.6 cm³/mol. The van der Waals surface area contributed by atoms with Gasteiger partial charge < -0.3 is 10.1 Å². The number of unbranched alkanes of at least 4 members (excludes halogenated alkanes) is 1. The molecule has 1 heterocycles. The van der Waals surface area contributed by atoms with Crippen LogP contribution in [0.15, 0.2) is 12.3 Å². The second kappa shape index (κ2) is 6.06. The van der Waals surface area contributed by atoms with Crippen LogP contribution in [-0.2, 0) is 16.6 Å². The van der Waals surface area contributed by atoms with Gasteiger partial charge >= 0.3 is 5.97 Å². The van der Waals surface area contributed by atoms with Crippen LogP contribution >= 0.6 is 0 Å². The summed E-state index contributed by atoms with van der Waals surface area (Å²) in [5, 5.41) is 6.96. The first-order chi connectivity index (χ1) is 7.22. The molecule has 0 saturated carbocycles. The zero-order valence-corrected chi connectivity index (χ0v) is 9.19. The van der Waals surface area contributed by atoms with Gasteiger partial charge in [-0.2, -0.15) is 5.10 Å². The molecule has 1 N–H and O–H groups in total. The summed E-state index contributed by atoms with van der Waals surface area (Å²) in [4.78, 5) is 11.2. The highest BCUT2D eigenvalue weighted by Crippen LogP contribution is 1.99. The number of hydrogen-bond acceptors (Lipinski definition) is 4. The van der Waals surface area contributed by atoms with Gasteiger partial charge in [-0.15, -0.1) is 0 Å². The third kappa shape index (κ3) is 4.49. The van der Waals surface area contributed by atoms with Gasteiger partial charge in [0, 0.05) is 19.3 Å². The third-order valence-electron chi connectivity index (χ3n) is 1.89. The van der Waals surface area contributed by atoms with Gasteiger partial charge in [-0.3, -0.25) is 9.48 Å². The summed E-state index contributed by atoms with van der Waals surface area (Å²) in [7, 11) is 1.82. The van der Waals surface area contributed by atoms with Crippen LogP contribution in [0.1, 0.15) is 19.8 Å². The van der Waals surface area contributed by atoms with E-state index in [9.17, 15) is 4.79 Å². The van der Waals surface area contributed by atoms with Gasteiger partial charge in [-0.05, 0) is 6.42 Å². The number of carbonyl (C=O) groups excluding carboxylic acids is 1. The van der Waals surface area contributed by atoms with E-state index in [1.165, 1.54) is 0 Å². The summed E-state index contributed by atoms with van der Waals surface area (Å²) >= 11 is 0. The van der Waals surface area contributed by atoms with Crippen LogP contribution in [0.5, 0.6) is 0 Å². The molecule has 0 fully saturated rings. The smallest absolute Gasteiger partial charge is 0.325 e. The van der Waals surface area contributed by atoms with Gasteiger partial charge in [-0.1, -0.05) is 13.3 Å². The van der Waals surface area contributed by atoms with Crippen LogP contribution in [0.2, 0.25) is 0 Å². The van der Waals surface area contributed by atoms with Crippen LogP contribution in [0, 0.1) is 0 Å². The molecule has 0 bridgehead atoms. The van der Waals surface area contributed by atoms with Crippen molar-refractivity contribution in [3.63, 3.8) is 0 Å². The number of nitrogens with one attached hydrogen (secondary N) is 1. The van der Waals surface area contributed by atoms with Gasteiger partial charge in [0.2, 0.25) is 0 Å². The van der Waals surface area contributed by atoms with Crippen molar-refractivity contribution in [3.05, 3.63) is 12.3 Å². The molecular formula is C10H17N3O2. The highest BCUT2D eigenvalue weighted by Gasteiger charge is 2.03. The lowest BCUT2D eigenvalue weighted by Gasteiger charge is -2.04. The highest BCUT2D eigenvalue weighted by atomic mass is 16.5. The van der Waals surface area contributed by atoms with Gasteiger partial charge in [0.05, 0.1) is 6.61 Å². The van der Waals surface area contributed by atoms with E-state index in [4.69, 9.17) is 4.74 Å². The van der Waals surface area contributed by atoms with E-state index in [1.54, 1.807) is 10.7 Å². The Balaban J connectivity index is 2.16. The molecule has 0 amide bonds. The summed E-state index contributed by atoms with van der Waals surface area (Å²) in [6.07, 6.45) is 3.75. The molecule has 84 valence electrons. The van der Waals surface area contributed by atoms with Gasteiger partial charge in [0.15, 0.2) is 0 Å². The topological polar surface area (TPSA) is 56.1 Å². The molecule has 0 aliphatic rings. The fourth-order valence-electron chi connectivity index (χ4n) is 1.05. The zero-order chi connectivity index (χ0) is 11.1. The molecule has 5 heteroatoms. The third-order valence-corrected chi connectivity index (χ3v) is 1.89. The Bertz CT molecular complexity index is 309. The van der Waals surface area contributed by atoms with Crippen molar-refractivity contribution in [1.82, 2.24) is 9.78 Å². The number of esters is 1. The quantitative estimate of drug-likeness (QED) is 0.567. The second-order valence-corrected chi connectivity index (χ2v) is 3.30. The first-order valence-electron chi connectivity index (χ1n) is 5.11. The number of aryl methyl sites for hydroxylation is 1. The fraction of sp³-hybridized carbons (Fsp3) is 0.600. The minimum absolute atomic E-state index is 0.167. The summed E-state index contributed by atoms with van der Waals surface area (Å²) < 4.78 is 6.65. The number of aromatic nitrogens is 2. The van der Waals surface area contributed by atoms with Crippen molar-refractivity contribution in [1.29, 1.82) is 0 Å². The van der Waals surface area contributed by atoms with E-state index in [-0.39, 0.29) is 12.5 Å². The van der Waals surface area contributed by atoms with E-state index in [0.29, 0.717) is 12.4 Å². The van der Waals surface area contributed by atoms with Crippen molar-refractivity contribution in [2.24, 2.45) is 7.05 Å². The van der Waals surface area contributed by atoms with E-state index in [1.807, 2.05) is 13.2 Å². The molecule has 0 atom stereocenters. The van der Waals surface area contributed by atoms with E-state index in [0.717, 1.165) is 12.8 Å². The van der Waals surface area contributed by atoms with Gasteiger partial charge in [0.25, 0.3) is 0 Å². The fourth-order valence-corrected chi connectivity index (χ4v) is 1.05. The molecule has 0 aliphatic carbocycles. The maximum Gasteiger partial charge on any atom is 0.325 e. The van der Waals surface area contributed by atoms with Crippen molar-refractivity contribution >= 4 is 11.8 Å². The lowest BCUT2D eigenvalue weighted by molar-refractivity contribution is -0.141. The number of anilines is 1. The van der Waals surface area contributed by atoms with Crippen LogP contribution in [-0.4, -0.2) is 28.9 Å². The predicted octanol–water partition coefficient (Wildman–Crippen LogP) is 1.18. The summed E-state index contributed by atoms with van der Waals surface area (Å²) in [6, 6.07) is 1.80. The molecular weight excluding hydrogens is 194 g/mol. The van der Waals surface area contributed by atoms with Gasteiger partial charge in [-0.25, -0.2) is 0 Å².